The fourth-order valence-electron chi connectivity index (χ4n) is 2.14. The lowest BCUT2D eigenvalue weighted by atomic mass is 9.94. The molecule has 1 aliphatic heterocycles. The number of alkyl halides is 3. The Bertz CT molecular complexity index is 286. The minimum Gasteiger partial charge on any atom is -0.341 e. The van der Waals surface area contributed by atoms with Crippen LogP contribution in [0.15, 0.2) is 0 Å². The van der Waals surface area contributed by atoms with Gasteiger partial charge in [0.1, 0.15) is 0 Å². The zero-order valence-electron chi connectivity index (χ0n) is 10.8. The molecule has 0 radical (unpaired) electrons. The van der Waals surface area contributed by atoms with Gasteiger partial charge in [-0.3, -0.25) is 4.79 Å². The van der Waals surface area contributed by atoms with Crippen LogP contribution in [0.4, 0.5) is 13.2 Å². The molecule has 2 atom stereocenters. The van der Waals surface area contributed by atoms with E-state index in [1.165, 1.54) is 4.90 Å². The predicted octanol–water partition coefficient (Wildman–Crippen LogP) is 2.16. The van der Waals surface area contributed by atoms with Gasteiger partial charge in [0, 0.05) is 13.1 Å². The summed E-state index contributed by atoms with van der Waals surface area (Å²) in [5.41, 5.74) is 5.81. The van der Waals surface area contributed by atoms with Gasteiger partial charge < -0.3 is 10.6 Å². The predicted molar refractivity (Wildman–Crippen MR) is 62.8 cm³/mol. The van der Waals surface area contributed by atoms with E-state index in [0.717, 1.165) is 6.42 Å². The molecule has 0 bridgehead atoms. The van der Waals surface area contributed by atoms with E-state index < -0.39 is 18.1 Å². The number of nitrogens with zero attached hydrogens (tertiary/aromatic N) is 1. The SMILES string of the molecule is CC[C@H](C)[C@H](N)C(=O)N1CCC(C(F)(F)F)CC1. The quantitative estimate of drug-likeness (QED) is 0.851. The Hall–Kier alpha value is -0.780. The number of nitrogens with two attached hydrogens (primary N) is 1. The van der Waals surface area contributed by atoms with Gasteiger partial charge in [-0.2, -0.15) is 13.2 Å². The van der Waals surface area contributed by atoms with Crippen molar-refractivity contribution in [3.63, 3.8) is 0 Å². The summed E-state index contributed by atoms with van der Waals surface area (Å²) < 4.78 is 37.4. The van der Waals surface area contributed by atoms with Crippen LogP contribution in [0.3, 0.4) is 0 Å². The highest BCUT2D eigenvalue weighted by atomic mass is 19.4. The van der Waals surface area contributed by atoms with E-state index in [1.54, 1.807) is 0 Å². The molecule has 0 aromatic heterocycles. The Morgan fingerprint density at radius 1 is 1.39 bits per heavy atom. The molecule has 0 aromatic rings. The molecular formula is C12H21F3N2O. The summed E-state index contributed by atoms with van der Waals surface area (Å²) in [6.07, 6.45) is -3.38. The molecule has 1 rings (SSSR count). The van der Waals surface area contributed by atoms with Crippen LogP contribution < -0.4 is 5.73 Å². The highest BCUT2D eigenvalue weighted by molar-refractivity contribution is 5.82. The van der Waals surface area contributed by atoms with Gasteiger partial charge in [0.2, 0.25) is 5.91 Å². The van der Waals surface area contributed by atoms with Gasteiger partial charge in [0.25, 0.3) is 0 Å². The fraction of sp³-hybridized carbons (Fsp3) is 0.917. The molecule has 0 aliphatic carbocycles. The van der Waals surface area contributed by atoms with Crippen LogP contribution in [-0.4, -0.2) is 36.1 Å². The van der Waals surface area contributed by atoms with Crippen molar-refractivity contribution in [2.45, 2.75) is 45.3 Å². The third-order valence-corrected chi connectivity index (χ3v) is 3.81. The second-order valence-corrected chi connectivity index (χ2v) is 5.05. The van der Waals surface area contributed by atoms with Crippen LogP contribution in [0.25, 0.3) is 0 Å². The van der Waals surface area contributed by atoms with E-state index in [2.05, 4.69) is 0 Å². The largest absolute Gasteiger partial charge is 0.391 e. The Balaban J connectivity index is 2.50. The van der Waals surface area contributed by atoms with Crippen molar-refractivity contribution in [3.8, 4) is 0 Å². The number of carbonyl (C=O) groups is 1. The molecule has 1 amide bonds. The smallest absolute Gasteiger partial charge is 0.341 e. The maximum Gasteiger partial charge on any atom is 0.391 e. The lowest BCUT2D eigenvalue weighted by molar-refractivity contribution is -0.186. The van der Waals surface area contributed by atoms with Crippen LogP contribution >= 0.6 is 0 Å². The highest BCUT2D eigenvalue weighted by Crippen LogP contribution is 2.34. The molecule has 6 heteroatoms. The molecule has 3 nitrogen and oxygen atoms in total. The van der Waals surface area contributed by atoms with Crippen molar-refractivity contribution >= 4 is 5.91 Å². The van der Waals surface area contributed by atoms with Crippen LogP contribution in [0, 0.1) is 11.8 Å². The lowest BCUT2D eigenvalue weighted by Crippen LogP contribution is -2.50. The van der Waals surface area contributed by atoms with Gasteiger partial charge in [-0.25, -0.2) is 0 Å². The Kier molecular flexibility index (Phi) is 5.01. The topological polar surface area (TPSA) is 46.3 Å². The van der Waals surface area contributed by atoms with Gasteiger partial charge in [-0.15, -0.1) is 0 Å². The molecule has 18 heavy (non-hydrogen) atoms. The zero-order chi connectivity index (χ0) is 13.9. The molecule has 1 aliphatic rings. The minimum atomic E-state index is -4.14. The van der Waals surface area contributed by atoms with Gasteiger partial charge in [0.05, 0.1) is 12.0 Å². The lowest BCUT2D eigenvalue weighted by Gasteiger charge is -2.35. The third-order valence-electron chi connectivity index (χ3n) is 3.81. The van der Waals surface area contributed by atoms with Gasteiger partial charge in [-0.1, -0.05) is 20.3 Å². The molecule has 0 unspecified atom stereocenters. The molecule has 0 saturated carbocycles. The number of carbonyl (C=O) groups excluding carboxylic acids is 1. The number of likely N-dealkylation sites (tertiary alicyclic amines) is 1. The van der Waals surface area contributed by atoms with Crippen molar-refractivity contribution in [1.29, 1.82) is 0 Å². The number of amides is 1. The molecule has 1 saturated heterocycles. The monoisotopic (exact) mass is 266 g/mol. The van der Waals surface area contributed by atoms with E-state index in [4.69, 9.17) is 5.73 Å². The summed E-state index contributed by atoms with van der Waals surface area (Å²) >= 11 is 0. The Morgan fingerprint density at radius 2 is 1.89 bits per heavy atom. The van der Waals surface area contributed by atoms with Crippen molar-refractivity contribution in [3.05, 3.63) is 0 Å². The number of hydrogen-bond acceptors (Lipinski definition) is 2. The molecular weight excluding hydrogens is 245 g/mol. The van der Waals surface area contributed by atoms with E-state index >= 15 is 0 Å². The van der Waals surface area contributed by atoms with Crippen LogP contribution in [0.1, 0.15) is 33.1 Å². The number of rotatable bonds is 3. The number of hydrogen-bond donors (Lipinski definition) is 1. The summed E-state index contributed by atoms with van der Waals surface area (Å²) in [5, 5.41) is 0. The first-order valence-corrected chi connectivity index (χ1v) is 6.38. The van der Waals surface area contributed by atoms with Crippen LogP contribution in [0.2, 0.25) is 0 Å². The van der Waals surface area contributed by atoms with Crippen molar-refractivity contribution in [1.82, 2.24) is 4.90 Å². The first-order valence-electron chi connectivity index (χ1n) is 6.38. The van der Waals surface area contributed by atoms with E-state index in [0.29, 0.717) is 0 Å². The molecule has 0 aromatic carbocycles. The molecule has 1 heterocycles. The summed E-state index contributed by atoms with van der Waals surface area (Å²) in [7, 11) is 0. The van der Waals surface area contributed by atoms with E-state index in [-0.39, 0.29) is 37.8 Å². The van der Waals surface area contributed by atoms with Gasteiger partial charge >= 0.3 is 6.18 Å². The summed E-state index contributed by atoms with van der Waals surface area (Å²) in [6.45, 7) is 4.14. The van der Waals surface area contributed by atoms with Crippen molar-refractivity contribution < 1.29 is 18.0 Å². The second kappa shape index (κ2) is 5.91. The summed E-state index contributed by atoms with van der Waals surface area (Å²) in [6, 6.07) is -0.600. The fourth-order valence-corrected chi connectivity index (χ4v) is 2.14. The maximum absolute atomic E-state index is 12.5. The van der Waals surface area contributed by atoms with Crippen LogP contribution in [-0.2, 0) is 4.79 Å². The highest BCUT2D eigenvalue weighted by Gasteiger charge is 2.42. The van der Waals surface area contributed by atoms with Crippen molar-refractivity contribution in [2.75, 3.05) is 13.1 Å². The number of halogens is 3. The minimum absolute atomic E-state index is 0.0114. The van der Waals surface area contributed by atoms with Gasteiger partial charge in [0.15, 0.2) is 0 Å². The maximum atomic E-state index is 12.5. The summed E-state index contributed by atoms with van der Waals surface area (Å²) in [4.78, 5) is 13.4. The normalized spacial score (nSPS) is 21.8. The second-order valence-electron chi connectivity index (χ2n) is 5.05. The van der Waals surface area contributed by atoms with E-state index in [9.17, 15) is 18.0 Å². The first-order chi connectivity index (χ1) is 8.27. The number of piperidine rings is 1. The van der Waals surface area contributed by atoms with Gasteiger partial charge in [-0.05, 0) is 18.8 Å². The van der Waals surface area contributed by atoms with Crippen molar-refractivity contribution in [2.24, 2.45) is 17.6 Å². The average Bonchev–Trinajstić information content (AvgIpc) is 2.35. The first kappa shape index (κ1) is 15.3. The Morgan fingerprint density at radius 3 is 2.28 bits per heavy atom. The Labute approximate surface area is 106 Å². The third kappa shape index (κ3) is 3.60. The standard InChI is InChI=1S/C12H21F3N2O/c1-3-8(2)10(16)11(18)17-6-4-9(5-7-17)12(13,14)15/h8-10H,3-7,16H2,1-2H3/t8-,10-/m0/s1. The van der Waals surface area contributed by atoms with Crippen LogP contribution in [0.5, 0.6) is 0 Å². The molecule has 2 N–H and O–H groups in total. The average molecular weight is 266 g/mol. The molecule has 1 fully saturated rings. The summed E-state index contributed by atoms with van der Waals surface area (Å²) in [5.74, 6) is -1.44. The molecule has 0 spiro atoms. The van der Waals surface area contributed by atoms with E-state index in [1.807, 2.05) is 13.8 Å². The molecule has 106 valence electrons. The zero-order valence-corrected chi connectivity index (χ0v) is 10.8.